The van der Waals surface area contributed by atoms with Crippen LogP contribution in [0.5, 0.6) is 5.75 Å². The number of anilines is 1. The molecule has 0 aliphatic carbocycles. The number of likely N-dealkylation sites (tertiary alicyclic amines) is 1. The number of hydrogen-bond acceptors (Lipinski definition) is 5. The van der Waals surface area contributed by atoms with Crippen LogP contribution in [-0.2, 0) is 9.59 Å². The molecule has 0 N–H and O–H groups in total. The van der Waals surface area contributed by atoms with Gasteiger partial charge in [0.05, 0.1) is 18.4 Å². The van der Waals surface area contributed by atoms with Gasteiger partial charge in [-0.3, -0.25) is 9.59 Å². The van der Waals surface area contributed by atoms with Crippen molar-refractivity contribution in [3.8, 4) is 5.75 Å². The van der Waals surface area contributed by atoms with Crippen LogP contribution >= 0.6 is 0 Å². The van der Waals surface area contributed by atoms with Gasteiger partial charge in [0.2, 0.25) is 0 Å². The summed E-state index contributed by atoms with van der Waals surface area (Å²) in [7, 11) is 5.64. The molecule has 2 aromatic carbocycles. The number of nitrogens with zero attached hydrogens (tertiary/aromatic N) is 3. The van der Waals surface area contributed by atoms with E-state index in [1.165, 1.54) is 4.90 Å². The van der Waals surface area contributed by atoms with Crippen molar-refractivity contribution in [2.75, 3.05) is 39.2 Å². The average Bonchev–Trinajstić information content (AvgIpc) is 3.05. The fraction of sp³-hybridized carbons (Fsp3) is 0.385. The second-order valence-electron chi connectivity index (χ2n) is 8.73. The number of ether oxygens (including phenoxy) is 1. The van der Waals surface area contributed by atoms with Crippen LogP contribution in [-0.4, -0.2) is 62.0 Å². The minimum atomic E-state index is -0.303. The number of rotatable bonds is 5. The van der Waals surface area contributed by atoms with Gasteiger partial charge in [0.25, 0.3) is 11.8 Å². The molecule has 2 aromatic rings. The van der Waals surface area contributed by atoms with Gasteiger partial charge in [-0.25, -0.2) is 4.90 Å². The fourth-order valence-corrected chi connectivity index (χ4v) is 4.70. The molecule has 6 nitrogen and oxygen atoms in total. The van der Waals surface area contributed by atoms with Gasteiger partial charge in [0.1, 0.15) is 11.4 Å². The lowest BCUT2D eigenvalue weighted by atomic mass is 9.99. The summed E-state index contributed by atoms with van der Waals surface area (Å²) in [5, 5.41) is 0. The number of methoxy groups -OCH3 is 1. The second-order valence-corrected chi connectivity index (χ2v) is 8.73. The van der Waals surface area contributed by atoms with E-state index < -0.39 is 0 Å². The Hall–Kier alpha value is -3.12. The van der Waals surface area contributed by atoms with Crippen molar-refractivity contribution in [3.63, 3.8) is 0 Å². The van der Waals surface area contributed by atoms with Gasteiger partial charge in [-0.2, -0.15) is 0 Å². The topological polar surface area (TPSA) is 53.1 Å². The van der Waals surface area contributed by atoms with Crippen molar-refractivity contribution in [3.05, 3.63) is 64.9 Å². The van der Waals surface area contributed by atoms with Gasteiger partial charge in [-0.05, 0) is 70.1 Å². The van der Waals surface area contributed by atoms with Gasteiger partial charge < -0.3 is 14.5 Å². The number of piperidine rings is 1. The Labute approximate surface area is 190 Å². The van der Waals surface area contributed by atoms with Crippen molar-refractivity contribution >= 4 is 23.1 Å². The predicted octanol–water partition coefficient (Wildman–Crippen LogP) is 3.62. The molecule has 4 rings (SSSR count). The van der Waals surface area contributed by atoms with Crippen LogP contribution in [0.25, 0.3) is 5.57 Å². The molecular weight excluding hydrogens is 402 g/mol. The number of imide groups is 1. The fourth-order valence-electron chi connectivity index (χ4n) is 4.70. The quantitative estimate of drug-likeness (QED) is 0.674. The number of para-hydroxylation sites is 1. The maximum atomic E-state index is 13.9. The van der Waals surface area contributed by atoms with E-state index in [9.17, 15) is 9.59 Å². The molecule has 1 saturated heterocycles. The maximum Gasteiger partial charge on any atom is 0.282 e. The molecule has 168 valence electrons. The molecule has 0 saturated carbocycles. The number of carbonyl (C=O) groups excluding carboxylic acids is 2. The predicted molar refractivity (Wildman–Crippen MR) is 127 cm³/mol. The first-order valence-corrected chi connectivity index (χ1v) is 11.1. The molecule has 1 fully saturated rings. The summed E-state index contributed by atoms with van der Waals surface area (Å²) in [5.41, 5.74) is 4.12. The second kappa shape index (κ2) is 8.79. The van der Waals surface area contributed by atoms with Crippen LogP contribution in [0.3, 0.4) is 0 Å². The summed E-state index contributed by atoms with van der Waals surface area (Å²) < 4.78 is 5.57. The van der Waals surface area contributed by atoms with E-state index in [1.807, 2.05) is 68.3 Å². The van der Waals surface area contributed by atoms with Crippen LogP contribution in [0.1, 0.15) is 29.5 Å². The zero-order valence-electron chi connectivity index (χ0n) is 19.5. The van der Waals surface area contributed by atoms with Gasteiger partial charge in [0.15, 0.2) is 0 Å². The van der Waals surface area contributed by atoms with E-state index in [0.717, 1.165) is 37.1 Å². The van der Waals surface area contributed by atoms with Gasteiger partial charge >= 0.3 is 0 Å². The van der Waals surface area contributed by atoms with E-state index in [0.29, 0.717) is 28.3 Å². The zero-order chi connectivity index (χ0) is 23.0. The first-order valence-electron chi connectivity index (χ1n) is 11.1. The monoisotopic (exact) mass is 433 g/mol. The van der Waals surface area contributed by atoms with Crippen molar-refractivity contribution in [2.45, 2.75) is 32.7 Å². The third-order valence-corrected chi connectivity index (χ3v) is 6.84. The van der Waals surface area contributed by atoms with E-state index >= 15 is 0 Å². The highest BCUT2D eigenvalue weighted by Gasteiger charge is 2.44. The highest BCUT2D eigenvalue weighted by molar-refractivity contribution is 6.45. The molecule has 2 amide bonds. The summed E-state index contributed by atoms with van der Waals surface area (Å²) in [6.45, 7) is 5.88. The Bertz CT molecular complexity index is 1080. The largest absolute Gasteiger partial charge is 0.496 e. The Morgan fingerprint density at radius 2 is 1.66 bits per heavy atom. The summed E-state index contributed by atoms with van der Waals surface area (Å²) >= 11 is 0. The Balaban J connectivity index is 1.85. The standard InChI is InChI=1S/C26H31N3O3/c1-17-9-8-11-21(18(17)2)29-25(30)23(20-10-6-7-12-22(20)32-5)24(26(29)31)28(4)19-13-15-27(3)16-14-19/h6-12,19H,13-16H2,1-5H3. The lowest BCUT2D eigenvalue weighted by Gasteiger charge is -2.36. The van der Waals surface area contributed by atoms with E-state index in [2.05, 4.69) is 11.9 Å². The van der Waals surface area contributed by atoms with Crippen molar-refractivity contribution in [1.82, 2.24) is 9.80 Å². The van der Waals surface area contributed by atoms with Crippen LogP contribution in [0.2, 0.25) is 0 Å². The van der Waals surface area contributed by atoms with Crippen molar-refractivity contribution in [2.24, 2.45) is 0 Å². The van der Waals surface area contributed by atoms with Crippen molar-refractivity contribution in [1.29, 1.82) is 0 Å². The summed E-state index contributed by atoms with van der Waals surface area (Å²) in [6.07, 6.45) is 1.89. The molecule has 2 aliphatic rings. The lowest BCUT2D eigenvalue weighted by molar-refractivity contribution is -0.120. The number of amides is 2. The third kappa shape index (κ3) is 3.69. The molecule has 0 aromatic heterocycles. The van der Waals surface area contributed by atoms with E-state index in [4.69, 9.17) is 4.74 Å². The van der Waals surface area contributed by atoms with Crippen LogP contribution in [0.4, 0.5) is 5.69 Å². The minimum Gasteiger partial charge on any atom is -0.496 e. The smallest absolute Gasteiger partial charge is 0.282 e. The van der Waals surface area contributed by atoms with E-state index in [1.54, 1.807) is 7.11 Å². The molecule has 0 bridgehead atoms. The maximum absolute atomic E-state index is 13.9. The average molecular weight is 434 g/mol. The van der Waals surface area contributed by atoms with Gasteiger partial charge in [-0.1, -0.05) is 30.3 Å². The van der Waals surface area contributed by atoms with Crippen molar-refractivity contribution < 1.29 is 14.3 Å². The summed E-state index contributed by atoms with van der Waals surface area (Å²) in [4.78, 5) is 33.4. The van der Waals surface area contributed by atoms with Crippen LogP contribution in [0.15, 0.2) is 48.2 Å². The number of hydrogen-bond donors (Lipinski definition) is 0. The first kappa shape index (κ1) is 22.1. The van der Waals surface area contributed by atoms with Gasteiger partial charge in [0, 0.05) is 18.7 Å². The number of carbonyl (C=O) groups is 2. The molecular formula is C26H31N3O3. The first-order chi connectivity index (χ1) is 15.3. The molecule has 6 heteroatoms. The molecule has 0 unspecified atom stereocenters. The lowest BCUT2D eigenvalue weighted by Crippen LogP contribution is -2.43. The zero-order valence-corrected chi connectivity index (χ0v) is 19.5. The normalized spacial score (nSPS) is 18.0. The molecule has 0 atom stereocenters. The molecule has 0 spiro atoms. The van der Waals surface area contributed by atoms with Gasteiger partial charge in [-0.15, -0.1) is 0 Å². The van der Waals surface area contributed by atoms with Crippen LogP contribution in [0, 0.1) is 13.8 Å². The van der Waals surface area contributed by atoms with E-state index in [-0.39, 0.29) is 17.9 Å². The number of aryl methyl sites for hydroxylation is 1. The summed E-state index contributed by atoms with van der Waals surface area (Å²) in [5.74, 6) is 0.00903. The Morgan fingerprint density at radius 1 is 0.969 bits per heavy atom. The molecule has 2 aliphatic heterocycles. The SMILES string of the molecule is COc1ccccc1C1=C(N(C)C2CCN(C)CC2)C(=O)N(c2cccc(C)c2C)C1=O. The van der Waals surface area contributed by atoms with Crippen LogP contribution < -0.4 is 9.64 Å². The number of likely N-dealkylation sites (N-methyl/N-ethyl adjacent to an activating group) is 1. The highest BCUT2D eigenvalue weighted by atomic mass is 16.5. The third-order valence-electron chi connectivity index (χ3n) is 6.84. The Kier molecular flexibility index (Phi) is 6.07. The minimum absolute atomic E-state index is 0.196. The molecule has 32 heavy (non-hydrogen) atoms. The summed E-state index contributed by atoms with van der Waals surface area (Å²) in [6, 6.07) is 13.3. The molecule has 0 radical (unpaired) electrons. The Morgan fingerprint density at radius 3 is 2.34 bits per heavy atom. The molecule has 2 heterocycles. The number of benzene rings is 2. The highest BCUT2D eigenvalue weighted by Crippen LogP contribution is 2.40.